The highest BCUT2D eigenvalue weighted by molar-refractivity contribution is 9.10. The van der Waals surface area contributed by atoms with Gasteiger partial charge in [0.1, 0.15) is 5.75 Å². The van der Waals surface area contributed by atoms with E-state index in [2.05, 4.69) is 21.2 Å². The maximum atomic E-state index is 12.7. The molecule has 1 aliphatic heterocycles. The molecular weight excluding hydrogens is 356 g/mol. The van der Waals surface area contributed by atoms with Crippen molar-refractivity contribution in [3.63, 3.8) is 0 Å². The zero-order chi connectivity index (χ0) is 15.5. The molecule has 1 aromatic rings. The van der Waals surface area contributed by atoms with Crippen molar-refractivity contribution in [2.75, 3.05) is 33.8 Å². The van der Waals surface area contributed by atoms with E-state index in [-0.39, 0.29) is 0 Å². The third-order valence-electron chi connectivity index (χ3n) is 3.74. The molecular formula is C14H21BrN2O3S. The summed E-state index contributed by atoms with van der Waals surface area (Å²) in [5.41, 5.74) is 0. The summed E-state index contributed by atoms with van der Waals surface area (Å²) in [6.07, 6.45) is 1.97. The molecule has 7 heteroatoms. The standard InChI is InChI=1S/C14H21BrN2O3S/c1-16-9-11-4-3-7-17(10-11)21(18,19)12-5-6-14(20-2)13(15)8-12/h5-6,8,11,16H,3-4,7,9-10H2,1-2H3/t11-/m1/s1. The Morgan fingerprint density at radius 3 is 2.86 bits per heavy atom. The monoisotopic (exact) mass is 376 g/mol. The minimum atomic E-state index is -3.44. The number of ether oxygens (including phenoxy) is 1. The molecule has 118 valence electrons. The largest absolute Gasteiger partial charge is 0.496 e. The van der Waals surface area contributed by atoms with Crippen LogP contribution in [0.2, 0.25) is 0 Å². The molecule has 1 saturated heterocycles. The summed E-state index contributed by atoms with van der Waals surface area (Å²) in [4.78, 5) is 0.306. The minimum absolute atomic E-state index is 0.306. The maximum absolute atomic E-state index is 12.7. The highest BCUT2D eigenvalue weighted by Crippen LogP contribution is 2.30. The molecule has 21 heavy (non-hydrogen) atoms. The van der Waals surface area contributed by atoms with Crippen molar-refractivity contribution >= 4 is 26.0 Å². The lowest BCUT2D eigenvalue weighted by Gasteiger charge is -2.31. The summed E-state index contributed by atoms with van der Waals surface area (Å²) in [5, 5.41) is 3.13. The van der Waals surface area contributed by atoms with Crippen molar-refractivity contribution < 1.29 is 13.2 Å². The molecule has 0 aliphatic carbocycles. The number of sulfonamides is 1. The fraction of sp³-hybridized carbons (Fsp3) is 0.571. The Hall–Kier alpha value is -0.630. The van der Waals surface area contributed by atoms with Crippen LogP contribution in [-0.2, 0) is 10.0 Å². The highest BCUT2D eigenvalue weighted by atomic mass is 79.9. The summed E-state index contributed by atoms with van der Waals surface area (Å²) in [6, 6.07) is 4.88. The number of rotatable bonds is 5. The van der Waals surface area contributed by atoms with Gasteiger partial charge in [0.05, 0.1) is 16.5 Å². The number of hydrogen-bond acceptors (Lipinski definition) is 4. The third kappa shape index (κ3) is 3.77. The SMILES string of the molecule is CNC[C@H]1CCCN(S(=O)(=O)c2ccc(OC)c(Br)c2)C1. The lowest BCUT2D eigenvalue weighted by Crippen LogP contribution is -2.42. The highest BCUT2D eigenvalue weighted by Gasteiger charge is 2.30. The van der Waals surface area contributed by atoms with Gasteiger partial charge in [-0.15, -0.1) is 0 Å². The number of benzene rings is 1. The van der Waals surface area contributed by atoms with E-state index >= 15 is 0 Å². The third-order valence-corrected chi connectivity index (χ3v) is 6.22. The second-order valence-corrected chi connectivity index (χ2v) is 8.02. The van der Waals surface area contributed by atoms with Crippen LogP contribution in [0.25, 0.3) is 0 Å². The summed E-state index contributed by atoms with van der Waals surface area (Å²) in [6.45, 7) is 2.01. The van der Waals surface area contributed by atoms with Crippen molar-refractivity contribution in [2.45, 2.75) is 17.7 Å². The molecule has 1 atom stereocenters. The normalized spacial score (nSPS) is 20.4. The van der Waals surface area contributed by atoms with Gasteiger partial charge in [0.25, 0.3) is 0 Å². The number of nitrogens with zero attached hydrogens (tertiary/aromatic N) is 1. The molecule has 1 aromatic carbocycles. The molecule has 0 saturated carbocycles. The topological polar surface area (TPSA) is 58.6 Å². The molecule has 0 radical (unpaired) electrons. The lowest BCUT2D eigenvalue weighted by atomic mass is 10.00. The molecule has 0 unspecified atom stereocenters. The van der Waals surface area contributed by atoms with Gasteiger partial charge in [-0.05, 0) is 66.5 Å². The van der Waals surface area contributed by atoms with Crippen LogP contribution in [0.15, 0.2) is 27.6 Å². The smallest absolute Gasteiger partial charge is 0.243 e. The van der Waals surface area contributed by atoms with E-state index in [0.717, 1.165) is 19.4 Å². The Kier molecular flexibility index (Phi) is 5.65. The Balaban J connectivity index is 2.23. The first-order valence-electron chi connectivity index (χ1n) is 6.97. The number of hydrogen-bond donors (Lipinski definition) is 1. The molecule has 0 amide bonds. The van der Waals surface area contributed by atoms with E-state index in [1.165, 1.54) is 0 Å². The van der Waals surface area contributed by atoms with Crippen molar-refractivity contribution in [1.82, 2.24) is 9.62 Å². The van der Waals surface area contributed by atoms with E-state index in [4.69, 9.17) is 4.74 Å². The zero-order valence-corrected chi connectivity index (χ0v) is 14.7. The van der Waals surface area contributed by atoms with Gasteiger partial charge in [-0.25, -0.2) is 8.42 Å². The summed E-state index contributed by atoms with van der Waals surface area (Å²) in [7, 11) is 0.0129. The van der Waals surface area contributed by atoms with Crippen LogP contribution in [-0.4, -0.2) is 46.5 Å². The van der Waals surface area contributed by atoms with Crippen LogP contribution in [0.4, 0.5) is 0 Å². The van der Waals surface area contributed by atoms with Crippen molar-refractivity contribution in [3.05, 3.63) is 22.7 Å². The number of piperidine rings is 1. The molecule has 0 bridgehead atoms. The first-order chi connectivity index (χ1) is 9.98. The first kappa shape index (κ1) is 16.7. The van der Waals surface area contributed by atoms with Crippen molar-refractivity contribution in [3.8, 4) is 5.75 Å². The average Bonchev–Trinajstić information content (AvgIpc) is 2.48. The number of nitrogens with one attached hydrogen (secondary N) is 1. The van der Waals surface area contributed by atoms with E-state index in [0.29, 0.717) is 34.1 Å². The molecule has 1 fully saturated rings. The maximum Gasteiger partial charge on any atom is 0.243 e. The zero-order valence-electron chi connectivity index (χ0n) is 12.3. The van der Waals surface area contributed by atoms with Crippen LogP contribution in [0.5, 0.6) is 5.75 Å². The molecule has 5 nitrogen and oxygen atoms in total. The van der Waals surface area contributed by atoms with Gasteiger partial charge in [0, 0.05) is 13.1 Å². The van der Waals surface area contributed by atoms with Crippen LogP contribution in [0.3, 0.4) is 0 Å². The van der Waals surface area contributed by atoms with Gasteiger partial charge >= 0.3 is 0 Å². The van der Waals surface area contributed by atoms with Crippen LogP contribution < -0.4 is 10.1 Å². The quantitative estimate of drug-likeness (QED) is 0.854. The number of methoxy groups -OCH3 is 1. The van der Waals surface area contributed by atoms with Gasteiger partial charge in [-0.3, -0.25) is 0 Å². The van der Waals surface area contributed by atoms with Gasteiger partial charge < -0.3 is 10.1 Å². The second-order valence-electron chi connectivity index (χ2n) is 5.23. The molecule has 0 aromatic heterocycles. The fourth-order valence-electron chi connectivity index (χ4n) is 2.66. The van der Waals surface area contributed by atoms with Gasteiger partial charge in [0.2, 0.25) is 10.0 Å². The van der Waals surface area contributed by atoms with Gasteiger partial charge in [0.15, 0.2) is 0 Å². The van der Waals surface area contributed by atoms with Gasteiger partial charge in [-0.1, -0.05) is 0 Å². The van der Waals surface area contributed by atoms with E-state index < -0.39 is 10.0 Å². The molecule has 0 spiro atoms. The predicted molar refractivity (Wildman–Crippen MR) is 86.1 cm³/mol. The van der Waals surface area contributed by atoms with Crippen LogP contribution in [0.1, 0.15) is 12.8 Å². The van der Waals surface area contributed by atoms with E-state index in [1.54, 1.807) is 29.6 Å². The molecule has 1 N–H and O–H groups in total. The summed E-state index contributed by atoms with van der Waals surface area (Å²) >= 11 is 3.34. The van der Waals surface area contributed by atoms with Crippen molar-refractivity contribution in [1.29, 1.82) is 0 Å². The Labute approximate surface area is 134 Å². The van der Waals surface area contributed by atoms with Crippen molar-refractivity contribution in [2.24, 2.45) is 5.92 Å². The predicted octanol–water partition coefficient (Wildman–Crippen LogP) is 2.08. The first-order valence-corrected chi connectivity index (χ1v) is 9.20. The van der Waals surface area contributed by atoms with Crippen LogP contribution >= 0.6 is 15.9 Å². The second kappa shape index (κ2) is 7.09. The Morgan fingerprint density at radius 1 is 1.48 bits per heavy atom. The minimum Gasteiger partial charge on any atom is -0.496 e. The van der Waals surface area contributed by atoms with Crippen LogP contribution in [0, 0.1) is 5.92 Å². The molecule has 1 aliphatic rings. The van der Waals surface area contributed by atoms with Gasteiger partial charge in [-0.2, -0.15) is 4.31 Å². The van der Waals surface area contributed by atoms with E-state index in [1.807, 2.05) is 7.05 Å². The average molecular weight is 377 g/mol. The number of halogens is 1. The Bertz CT molecular complexity index is 590. The molecule has 1 heterocycles. The summed E-state index contributed by atoms with van der Waals surface area (Å²) < 4.78 is 32.8. The fourth-order valence-corrected chi connectivity index (χ4v) is 4.93. The lowest BCUT2D eigenvalue weighted by molar-refractivity contribution is 0.263. The Morgan fingerprint density at radius 2 is 2.24 bits per heavy atom. The summed E-state index contributed by atoms with van der Waals surface area (Å²) in [5.74, 6) is 1.00. The van der Waals surface area contributed by atoms with E-state index in [9.17, 15) is 8.42 Å². The molecule has 2 rings (SSSR count).